The van der Waals surface area contributed by atoms with Crippen molar-refractivity contribution in [3.05, 3.63) is 70.5 Å². The maximum atomic E-state index is 13.4. The standard InChI is InChI=1S/C21H24N6O2/c1-13(2)18-23-20(29-24-18)15(4)26-12-11-22-19(26)17-14(3)25(5)27(21(17)28)16-9-7-6-8-10-16/h6-13,15H,1-5H3/t15-/m1/s1. The van der Waals surface area contributed by atoms with Crippen molar-refractivity contribution in [2.24, 2.45) is 7.05 Å². The first-order valence-electron chi connectivity index (χ1n) is 9.60. The van der Waals surface area contributed by atoms with Crippen molar-refractivity contribution in [3.63, 3.8) is 0 Å². The Morgan fingerprint density at radius 1 is 1.10 bits per heavy atom. The number of para-hydroxylation sites is 1. The Kier molecular flexibility index (Phi) is 4.70. The van der Waals surface area contributed by atoms with Gasteiger partial charge in [-0.05, 0) is 26.0 Å². The van der Waals surface area contributed by atoms with Gasteiger partial charge in [0, 0.05) is 31.1 Å². The molecule has 3 aromatic heterocycles. The lowest BCUT2D eigenvalue weighted by Gasteiger charge is -2.12. The van der Waals surface area contributed by atoms with Gasteiger partial charge in [0.15, 0.2) is 5.82 Å². The number of hydrogen-bond donors (Lipinski definition) is 0. The van der Waals surface area contributed by atoms with Crippen LogP contribution in [0.25, 0.3) is 17.1 Å². The largest absolute Gasteiger partial charge is 0.337 e. The molecular formula is C21H24N6O2. The summed E-state index contributed by atoms with van der Waals surface area (Å²) in [4.78, 5) is 22.3. The second kappa shape index (κ2) is 7.20. The fraction of sp³-hybridized carbons (Fsp3) is 0.333. The van der Waals surface area contributed by atoms with Crippen LogP contribution in [0, 0.1) is 6.92 Å². The zero-order valence-corrected chi connectivity index (χ0v) is 17.2. The summed E-state index contributed by atoms with van der Waals surface area (Å²) in [7, 11) is 1.87. The molecule has 0 amide bonds. The monoisotopic (exact) mass is 392 g/mol. The normalized spacial score (nSPS) is 12.6. The molecule has 0 aliphatic rings. The predicted molar refractivity (Wildman–Crippen MR) is 109 cm³/mol. The molecule has 0 saturated heterocycles. The maximum absolute atomic E-state index is 13.4. The van der Waals surface area contributed by atoms with E-state index in [4.69, 9.17) is 4.52 Å². The van der Waals surface area contributed by atoms with Crippen LogP contribution in [0.1, 0.15) is 50.1 Å². The fourth-order valence-corrected chi connectivity index (χ4v) is 3.42. The summed E-state index contributed by atoms with van der Waals surface area (Å²) in [5.74, 6) is 1.91. The van der Waals surface area contributed by atoms with Crippen LogP contribution in [0.4, 0.5) is 0 Å². The van der Waals surface area contributed by atoms with Crippen molar-refractivity contribution < 1.29 is 4.52 Å². The highest BCUT2D eigenvalue weighted by Gasteiger charge is 2.25. The quantitative estimate of drug-likeness (QED) is 0.519. The lowest BCUT2D eigenvalue weighted by Crippen LogP contribution is -2.20. The Balaban J connectivity index is 1.82. The Morgan fingerprint density at radius 2 is 1.83 bits per heavy atom. The maximum Gasteiger partial charge on any atom is 0.282 e. The number of hydrogen-bond acceptors (Lipinski definition) is 5. The fourth-order valence-electron chi connectivity index (χ4n) is 3.42. The van der Waals surface area contributed by atoms with Crippen LogP contribution in [-0.2, 0) is 7.05 Å². The predicted octanol–water partition coefficient (Wildman–Crippen LogP) is 3.46. The van der Waals surface area contributed by atoms with E-state index in [2.05, 4.69) is 15.1 Å². The smallest absolute Gasteiger partial charge is 0.282 e. The highest BCUT2D eigenvalue weighted by molar-refractivity contribution is 5.59. The molecular weight excluding hydrogens is 368 g/mol. The Morgan fingerprint density at radius 3 is 2.48 bits per heavy atom. The van der Waals surface area contributed by atoms with Crippen LogP contribution in [0.2, 0.25) is 0 Å². The molecule has 1 atom stereocenters. The molecule has 0 unspecified atom stereocenters. The molecule has 0 radical (unpaired) electrons. The molecule has 0 fully saturated rings. The van der Waals surface area contributed by atoms with E-state index in [1.54, 1.807) is 10.9 Å². The molecule has 0 N–H and O–H groups in total. The second-order valence-electron chi connectivity index (χ2n) is 7.42. The van der Waals surface area contributed by atoms with Crippen molar-refractivity contribution >= 4 is 0 Å². The number of imidazole rings is 1. The molecule has 1 aromatic carbocycles. The van der Waals surface area contributed by atoms with E-state index in [1.807, 2.05) is 80.5 Å². The summed E-state index contributed by atoms with van der Waals surface area (Å²) in [6, 6.07) is 9.31. The van der Waals surface area contributed by atoms with Crippen molar-refractivity contribution in [1.29, 1.82) is 0 Å². The summed E-state index contributed by atoms with van der Waals surface area (Å²) in [5.41, 5.74) is 2.06. The highest BCUT2D eigenvalue weighted by atomic mass is 16.5. The van der Waals surface area contributed by atoms with Crippen LogP contribution in [0.15, 0.2) is 52.0 Å². The lowest BCUT2D eigenvalue weighted by atomic mass is 10.2. The average molecular weight is 392 g/mol. The molecule has 0 aliphatic heterocycles. The second-order valence-corrected chi connectivity index (χ2v) is 7.42. The molecule has 150 valence electrons. The molecule has 4 aromatic rings. The van der Waals surface area contributed by atoms with Gasteiger partial charge in [-0.15, -0.1) is 0 Å². The lowest BCUT2D eigenvalue weighted by molar-refractivity contribution is 0.341. The van der Waals surface area contributed by atoms with Gasteiger partial charge in [0.2, 0.25) is 5.89 Å². The molecule has 0 bridgehead atoms. The van der Waals surface area contributed by atoms with E-state index < -0.39 is 0 Å². The van der Waals surface area contributed by atoms with Gasteiger partial charge in [0.25, 0.3) is 5.56 Å². The van der Waals surface area contributed by atoms with Crippen LogP contribution in [-0.4, -0.2) is 29.1 Å². The summed E-state index contributed by atoms with van der Waals surface area (Å²) >= 11 is 0. The summed E-state index contributed by atoms with van der Waals surface area (Å²) in [5, 5.41) is 4.05. The van der Waals surface area contributed by atoms with Gasteiger partial charge in [-0.3, -0.25) is 9.48 Å². The molecule has 29 heavy (non-hydrogen) atoms. The molecule has 0 aliphatic carbocycles. The third-order valence-corrected chi connectivity index (χ3v) is 5.19. The van der Waals surface area contributed by atoms with E-state index in [0.29, 0.717) is 23.1 Å². The van der Waals surface area contributed by atoms with Crippen molar-refractivity contribution in [2.75, 3.05) is 0 Å². The van der Waals surface area contributed by atoms with E-state index in [-0.39, 0.29) is 17.5 Å². The summed E-state index contributed by atoms with van der Waals surface area (Å²) < 4.78 is 10.9. The van der Waals surface area contributed by atoms with Gasteiger partial charge in [0.1, 0.15) is 17.4 Å². The highest BCUT2D eigenvalue weighted by Crippen LogP contribution is 2.26. The topological polar surface area (TPSA) is 83.7 Å². The first-order valence-corrected chi connectivity index (χ1v) is 9.60. The average Bonchev–Trinajstić information content (AvgIpc) is 3.42. The number of aromatic nitrogens is 6. The summed E-state index contributed by atoms with van der Waals surface area (Å²) in [6.07, 6.45) is 3.52. The van der Waals surface area contributed by atoms with Gasteiger partial charge >= 0.3 is 0 Å². The third kappa shape index (κ3) is 3.10. The molecule has 0 saturated carbocycles. The van der Waals surface area contributed by atoms with E-state index in [1.165, 1.54) is 0 Å². The Labute approximate surface area is 168 Å². The molecule has 4 rings (SSSR count). The summed E-state index contributed by atoms with van der Waals surface area (Å²) in [6.45, 7) is 7.91. The first kappa shape index (κ1) is 18.9. The molecule has 3 heterocycles. The van der Waals surface area contributed by atoms with Gasteiger partial charge in [-0.1, -0.05) is 37.2 Å². The van der Waals surface area contributed by atoms with Crippen LogP contribution >= 0.6 is 0 Å². The van der Waals surface area contributed by atoms with Crippen LogP contribution in [0.5, 0.6) is 0 Å². The number of benzene rings is 1. The molecule has 0 spiro atoms. The third-order valence-electron chi connectivity index (χ3n) is 5.19. The van der Waals surface area contributed by atoms with Crippen LogP contribution in [0.3, 0.4) is 0 Å². The number of nitrogens with zero attached hydrogens (tertiary/aromatic N) is 6. The minimum absolute atomic E-state index is 0.121. The van der Waals surface area contributed by atoms with Crippen molar-refractivity contribution in [2.45, 2.75) is 39.7 Å². The zero-order chi connectivity index (χ0) is 20.7. The Hall–Kier alpha value is -3.42. The van der Waals surface area contributed by atoms with Crippen molar-refractivity contribution in [1.82, 2.24) is 29.1 Å². The van der Waals surface area contributed by atoms with Gasteiger partial charge in [-0.25, -0.2) is 9.67 Å². The molecule has 8 nitrogen and oxygen atoms in total. The minimum Gasteiger partial charge on any atom is -0.337 e. The van der Waals surface area contributed by atoms with Gasteiger partial charge in [0.05, 0.1) is 5.69 Å². The zero-order valence-electron chi connectivity index (χ0n) is 17.2. The van der Waals surface area contributed by atoms with Gasteiger partial charge in [-0.2, -0.15) is 4.98 Å². The number of rotatable bonds is 5. The van der Waals surface area contributed by atoms with E-state index in [0.717, 1.165) is 11.4 Å². The minimum atomic E-state index is -0.253. The van der Waals surface area contributed by atoms with Crippen LogP contribution < -0.4 is 5.56 Å². The van der Waals surface area contributed by atoms with Crippen molar-refractivity contribution in [3.8, 4) is 17.1 Å². The van der Waals surface area contributed by atoms with E-state index in [9.17, 15) is 4.79 Å². The van der Waals surface area contributed by atoms with E-state index >= 15 is 0 Å². The van der Waals surface area contributed by atoms with Gasteiger partial charge < -0.3 is 9.09 Å². The SMILES string of the molecule is Cc1c(-c2nccn2[C@H](C)c2nc(C(C)C)no2)c(=O)n(-c2ccccc2)n1C. The first-order chi connectivity index (χ1) is 13.9. The molecule has 8 heteroatoms. The Bertz CT molecular complexity index is 1200.